The number of nitrogens with zero attached hydrogens (tertiary/aromatic N) is 3. The van der Waals surface area contributed by atoms with Crippen LogP contribution in [0.2, 0.25) is 0 Å². The third-order valence-corrected chi connectivity index (χ3v) is 6.11. The van der Waals surface area contributed by atoms with Crippen molar-refractivity contribution in [2.75, 3.05) is 26.7 Å². The van der Waals surface area contributed by atoms with E-state index >= 15 is 0 Å². The van der Waals surface area contributed by atoms with Crippen LogP contribution in [0, 0.1) is 0 Å². The SMILES string of the molecule is CCCN1CCC[C@H](NS(=O)(=O)c2cc(-n3cccn3)ccc2OC)C1. The van der Waals surface area contributed by atoms with Gasteiger partial charge in [-0.1, -0.05) is 6.92 Å². The summed E-state index contributed by atoms with van der Waals surface area (Å²) in [4.78, 5) is 2.45. The molecule has 7 nitrogen and oxygen atoms in total. The van der Waals surface area contributed by atoms with Crippen LogP contribution in [0.4, 0.5) is 0 Å². The molecule has 1 N–H and O–H groups in total. The van der Waals surface area contributed by atoms with Crippen molar-refractivity contribution in [3.05, 3.63) is 36.7 Å². The van der Waals surface area contributed by atoms with E-state index < -0.39 is 10.0 Å². The molecule has 1 atom stereocenters. The maximum atomic E-state index is 13.0. The molecule has 8 heteroatoms. The molecular formula is C18H26N4O3S. The van der Waals surface area contributed by atoms with Gasteiger partial charge in [0.15, 0.2) is 0 Å². The molecule has 1 aliphatic heterocycles. The smallest absolute Gasteiger partial charge is 0.244 e. The van der Waals surface area contributed by atoms with Crippen molar-refractivity contribution in [2.45, 2.75) is 37.1 Å². The molecule has 1 fully saturated rings. The van der Waals surface area contributed by atoms with Crippen LogP contribution in [0.25, 0.3) is 5.69 Å². The topological polar surface area (TPSA) is 76.5 Å². The van der Waals surface area contributed by atoms with Gasteiger partial charge < -0.3 is 9.64 Å². The molecule has 0 saturated carbocycles. The molecule has 0 amide bonds. The fourth-order valence-electron chi connectivity index (χ4n) is 3.39. The van der Waals surface area contributed by atoms with Crippen molar-refractivity contribution >= 4 is 10.0 Å². The van der Waals surface area contributed by atoms with Crippen LogP contribution in [0.3, 0.4) is 0 Å². The third kappa shape index (κ3) is 4.25. The minimum absolute atomic E-state index is 0.0848. The molecule has 0 unspecified atom stereocenters. The van der Waals surface area contributed by atoms with Gasteiger partial charge >= 0.3 is 0 Å². The van der Waals surface area contributed by atoms with Gasteiger partial charge in [-0.25, -0.2) is 17.8 Å². The fraction of sp³-hybridized carbons (Fsp3) is 0.500. The van der Waals surface area contributed by atoms with Gasteiger partial charge in [-0.3, -0.25) is 0 Å². The monoisotopic (exact) mass is 378 g/mol. The van der Waals surface area contributed by atoms with Gasteiger partial charge in [0.2, 0.25) is 10.0 Å². The highest BCUT2D eigenvalue weighted by Crippen LogP contribution is 2.27. The predicted molar refractivity (Wildman–Crippen MR) is 100 cm³/mol. The van der Waals surface area contributed by atoms with Crippen molar-refractivity contribution in [1.82, 2.24) is 19.4 Å². The molecule has 142 valence electrons. The summed E-state index contributed by atoms with van der Waals surface area (Å²) in [6.07, 6.45) is 6.34. The molecule has 2 heterocycles. The second kappa shape index (κ2) is 8.20. The van der Waals surface area contributed by atoms with E-state index in [9.17, 15) is 8.42 Å². The van der Waals surface area contributed by atoms with E-state index in [2.05, 4.69) is 21.6 Å². The molecule has 1 aliphatic rings. The van der Waals surface area contributed by atoms with Crippen molar-refractivity contribution in [3.63, 3.8) is 0 Å². The second-order valence-electron chi connectivity index (χ2n) is 6.55. The number of nitrogens with one attached hydrogen (secondary N) is 1. The summed E-state index contributed by atoms with van der Waals surface area (Å²) in [6, 6.07) is 6.75. The average Bonchev–Trinajstić information content (AvgIpc) is 3.16. The van der Waals surface area contributed by atoms with E-state index in [4.69, 9.17) is 4.74 Å². The fourth-order valence-corrected chi connectivity index (χ4v) is 4.84. The van der Waals surface area contributed by atoms with Crippen LogP contribution < -0.4 is 9.46 Å². The maximum absolute atomic E-state index is 13.0. The number of aromatic nitrogens is 2. The van der Waals surface area contributed by atoms with Crippen LogP contribution in [0.5, 0.6) is 5.75 Å². The summed E-state index contributed by atoms with van der Waals surface area (Å²) in [6.45, 7) is 4.91. The number of rotatable bonds is 7. The molecule has 1 saturated heterocycles. The maximum Gasteiger partial charge on any atom is 0.244 e. The van der Waals surface area contributed by atoms with Gasteiger partial charge in [-0.05, 0) is 56.6 Å². The minimum atomic E-state index is -3.70. The second-order valence-corrected chi connectivity index (χ2v) is 8.23. The standard InChI is InChI=1S/C18H26N4O3S/c1-3-10-21-11-4-6-15(14-21)20-26(23,24)18-13-16(7-8-17(18)25-2)22-12-5-9-19-22/h5,7-9,12-13,15,20H,3-4,6,10-11,14H2,1-2H3/t15-/m0/s1. The normalized spacial score (nSPS) is 18.8. The van der Waals surface area contributed by atoms with Gasteiger partial charge in [-0.15, -0.1) is 0 Å². The van der Waals surface area contributed by atoms with Crippen LogP contribution in [-0.4, -0.2) is 55.9 Å². The number of benzene rings is 1. The predicted octanol–water partition coefficient (Wildman–Crippen LogP) is 2.03. The summed E-state index contributed by atoms with van der Waals surface area (Å²) >= 11 is 0. The zero-order valence-electron chi connectivity index (χ0n) is 15.3. The van der Waals surface area contributed by atoms with Crippen molar-refractivity contribution in [2.24, 2.45) is 0 Å². The number of likely N-dealkylation sites (tertiary alicyclic amines) is 1. The lowest BCUT2D eigenvalue weighted by molar-refractivity contribution is 0.202. The van der Waals surface area contributed by atoms with Crippen LogP contribution in [0.15, 0.2) is 41.6 Å². The number of hydrogen-bond donors (Lipinski definition) is 1. The number of methoxy groups -OCH3 is 1. The van der Waals surface area contributed by atoms with Crippen molar-refractivity contribution < 1.29 is 13.2 Å². The Bertz CT molecular complexity index is 819. The number of piperidine rings is 1. The first-order chi connectivity index (χ1) is 12.5. The average molecular weight is 378 g/mol. The Labute approximate surface area is 155 Å². The minimum Gasteiger partial charge on any atom is -0.495 e. The van der Waals surface area contributed by atoms with Crippen LogP contribution in [-0.2, 0) is 10.0 Å². The van der Waals surface area contributed by atoms with E-state index in [1.807, 2.05) is 0 Å². The molecule has 0 radical (unpaired) electrons. The van der Waals surface area contributed by atoms with E-state index in [0.717, 1.165) is 38.9 Å². The summed E-state index contributed by atoms with van der Waals surface area (Å²) in [5.74, 6) is 0.328. The van der Waals surface area contributed by atoms with Crippen molar-refractivity contribution in [1.29, 1.82) is 0 Å². The lowest BCUT2D eigenvalue weighted by atomic mass is 10.1. The molecule has 2 aromatic rings. The first-order valence-electron chi connectivity index (χ1n) is 8.96. The third-order valence-electron chi connectivity index (χ3n) is 4.57. The molecule has 1 aromatic carbocycles. The molecular weight excluding hydrogens is 352 g/mol. The highest BCUT2D eigenvalue weighted by molar-refractivity contribution is 7.89. The van der Waals surface area contributed by atoms with Gasteiger partial charge in [0.05, 0.1) is 12.8 Å². The molecule has 0 aliphatic carbocycles. The number of hydrogen-bond acceptors (Lipinski definition) is 5. The Hall–Kier alpha value is -1.90. The summed E-state index contributed by atoms with van der Waals surface area (Å²) in [5, 5.41) is 4.17. The first kappa shape index (κ1) is 18.9. The summed E-state index contributed by atoms with van der Waals surface area (Å²) in [7, 11) is -2.22. The lowest BCUT2D eigenvalue weighted by Gasteiger charge is -2.32. The van der Waals surface area contributed by atoms with E-state index in [1.54, 1.807) is 41.3 Å². The Morgan fingerprint density at radius 1 is 1.38 bits per heavy atom. The highest BCUT2D eigenvalue weighted by atomic mass is 32.2. The Morgan fingerprint density at radius 3 is 2.92 bits per heavy atom. The zero-order chi connectivity index (χ0) is 18.6. The van der Waals surface area contributed by atoms with Crippen LogP contribution in [0.1, 0.15) is 26.2 Å². The molecule has 1 aromatic heterocycles. The summed E-state index contributed by atoms with van der Waals surface area (Å²) < 4.78 is 35.8. The van der Waals surface area contributed by atoms with E-state index in [-0.39, 0.29) is 10.9 Å². The molecule has 0 spiro atoms. The van der Waals surface area contributed by atoms with E-state index in [1.165, 1.54) is 7.11 Å². The lowest BCUT2D eigenvalue weighted by Crippen LogP contribution is -2.47. The van der Waals surface area contributed by atoms with Gasteiger partial charge in [0.25, 0.3) is 0 Å². The molecule has 0 bridgehead atoms. The largest absolute Gasteiger partial charge is 0.495 e. The number of ether oxygens (including phenoxy) is 1. The Morgan fingerprint density at radius 2 is 2.23 bits per heavy atom. The van der Waals surface area contributed by atoms with Gasteiger partial charge in [-0.2, -0.15) is 5.10 Å². The highest BCUT2D eigenvalue weighted by Gasteiger charge is 2.27. The molecule has 26 heavy (non-hydrogen) atoms. The van der Waals surface area contributed by atoms with Crippen molar-refractivity contribution in [3.8, 4) is 11.4 Å². The first-order valence-corrected chi connectivity index (χ1v) is 10.4. The Balaban J connectivity index is 1.85. The van der Waals surface area contributed by atoms with Crippen LogP contribution >= 0.6 is 0 Å². The zero-order valence-corrected chi connectivity index (χ0v) is 16.1. The van der Waals surface area contributed by atoms with E-state index in [0.29, 0.717) is 11.4 Å². The van der Waals surface area contributed by atoms with Gasteiger partial charge in [0, 0.05) is 25.0 Å². The summed E-state index contributed by atoms with van der Waals surface area (Å²) in [5.41, 5.74) is 0.674. The van der Waals surface area contributed by atoms with Gasteiger partial charge in [0.1, 0.15) is 10.6 Å². The molecule has 3 rings (SSSR count). The Kier molecular flexibility index (Phi) is 5.95. The number of sulfonamides is 1. The quantitative estimate of drug-likeness (QED) is 0.798.